The van der Waals surface area contributed by atoms with Gasteiger partial charge < -0.3 is 15.0 Å². The maximum atomic E-state index is 5.03. The minimum Gasteiger partial charge on any atom is -0.383 e. The monoisotopic (exact) mass is 303 g/mol. The molecular weight excluding hydrogens is 278 g/mol. The number of aromatic nitrogens is 1. The number of thioether (sulfide) groups is 1. The Bertz CT molecular complexity index is 371. The Morgan fingerprint density at radius 2 is 2.26 bits per heavy atom. The Kier molecular flexibility index (Phi) is 7.75. The van der Waals surface area contributed by atoms with Gasteiger partial charge in [0.15, 0.2) is 5.13 Å². The normalized spacial score (nSPS) is 12.7. The van der Waals surface area contributed by atoms with Gasteiger partial charge in [0.05, 0.1) is 12.3 Å². The van der Waals surface area contributed by atoms with Gasteiger partial charge in [-0.3, -0.25) is 0 Å². The molecule has 1 heterocycles. The topological polar surface area (TPSA) is 37.4 Å². The number of aryl methyl sites for hydroxylation is 1. The highest BCUT2D eigenvalue weighted by Gasteiger charge is 2.15. The summed E-state index contributed by atoms with van der Waals surface area (Å²) in [7, 11) is 3.85. The van der Waals surface area contributed by atoms with Crippen LogP contribution in [0.4, 0.5) is 5.13 Å². The van der Waals surface area contributed by atoms with Crippen LogP contribution in [0, 0.1) is 6.92 Å². The number of anilines is 1. The molecule has 0 saturated carbocycles. The van der Waals surface area contributed by atoms with E-state index in [0.29, 0.717) is 6.04 Å². The SMILES string of the molecule is COCCNCc1sc(N(C)C(C)CSC)nc1C. The van der Waals surface area contributed by atoms with Gasteiger partial charge >= 0.3 is 0 Å². The van der Waals surface area contributed by atoms with Crippen molar-refractivity contribution in [3.05, 3.63) is 10.6 Å². The third kappa shape index (κ3) is 5.30. The molecule has 1 unspecified atom stereocenters. The first-order valence-electron chi connectivity index (χ1n) is 6.47. The summed E-state index contributed by atoms with van der Waals surface area (Å²) >= 11 is 3.65. The van der Waals surface area contributed by atoms with Crippen molar-refractivity contribution in [3.8, 4) is 0 Å². The lowest BCUT2D eigenvalue weighted by atomic mass is 10.3. The second-order valence-electron chi connectivity index (χ2n) is 4.59. The Morgan fingerprint density at radius 3 is 2.89 bits per heavy atom. The Morgan fingerprint density at radius 1 is 1.53 bits per heavy atom. The molecule has 0 saturated heterocycles. The highest BCUT2D eigenvalue weighted by atomic mass is 32.2. The molecule has 0 fully saturated rings. The van der Waals surface area contributed by atoms with Crippen molar-refractivity contribution in [1.82, 2.24) is 10.3 Å². The molecule has 0 amide bonds. The predicted octanol–water partition coefficient (Wildman–Crippen LogP) is 2.38. The summed E-state index contributed by atoms with van der Waals surface area (Å²) in [6.45, 7) is 6.82. The van der Waals surface area contributed by atoms with E-state index in [1.807, 2.05) is 11.8 Å². The zero-order valence-corrected chi connectivity index (χ0v) is 14.2. The number of ether oxygens (including phenoxy) is 1. The lowest BCUT2D eigenvalue weighted by Crippen LogP contribution is -2.30. The van der Waals surface area contributed by atoms with Crippen LogP contribution in [0.25, 0.3) is 0 Å². The molecule has 1 aromatic rings. The number of hydrogen-bond donors (Lipinski definition) is 1. The molecule has 0 aliphatic carbocycles. The van der Waals surface area contributed by atoms with Gasteiger partial charge in [0, 0.05) is 43.9 Å². The molecule has 0 aliphatic rings. The highest BCUT2D eigenvalue weighted by molar-refractivity contribution is 7.98. The van der Waals surface area contributed by atoms with Gasteiger partial charge in [-0.15, -0.1) is 11.3 Å². The Labute approximate surface area is 124 Å². The van der Waals surface area contributed by atoms with E-state index < -0.39 is 0 Å². The Balaban J connectivity index is 2.57. The van der Waals surface area contributed by atoms with E-state index in [-0.39, 0.29) is 0 Å². The van der Waals surface area contributed by atoms with E-state index in [4.69, 9.17) is 4.74 Å². The molecule has 0 spiro atoms. The van der Waals surface area contributed by atoms with Crippen LogP contribution < -0.4 is 10.2 Å². The quantitative estimate of drug-likeness (QED) is 0.709. The van der Waals surface area contributed by atoms with E-state index in [1.165, 1.54) is 4.88 Å². The fourth-order valence-electron chi connectivity index (χ4n) is 1.65. The largest absolute Gasteiger partial charge is 0.383 e. The van der Waals surface area contributed by atoms with Crippen molar-refractivity contribution in [2.24, 2.45) is 0 Å². The standard InChI is InChI=1S/C13H25N3OS2/c1-10(9-18-5)16(3)13-15-11(2)12(19-13)8-14-6-7-17-4/h10,14H,6-9H2,1-5H3. The van der Waals surface area contributed by atoms with Crippen LogP contribution in [0.3, 0.4) is 0 Å². The van der Waals surface area contributed by atoms with Gasteiger partial charge in [0.1, 0.15) is 0 Å². The molecule has 19 heavy (non-hydrogen) atoms. The van der Waals surface area contributed by atoms with Gasteiger partial charge in [-0.25, -0.2) is 4.98 Å². The van der Waals surface area contributed by atoms with Gasteiger partial charge in [-0.05, 0) is 20.1 Å². The minimum absolute atomic E-state index is 0.509. The third-order valence-corrected chi connectivity index (χ3v) is 5.08. The predicted molar refractivity (Wildman–Crippen MR) is 86.7 cm³/mol. The summed E-state index contributed by atoms with van der Waals surface area (Å²) in [6.07, 6.45) is 2.14. The molecule has 0 aliphatic heterocycles. The molecule has 1 rings (SSSR count). The van der Waals surface area contributed by atoms with Crippen molar-refractivity contribution in [1.29, 1.82) is 0 Å². The average molecular weight is 303 g/mol. The second-order valence-corrected chi connectivity index (χ2v) is 6.56. The molecule has 110 valence electrons. The first kappa shape index (κ1) is 16.8. The van der Waals surface area contributed by atoms with Crippen LogP contribution in [0.1, 0.15) is 17.5 Å². The first-order valence-corrected chi connectivity index (χ1v) is 8.68. The van der Waals surface area contributed by atoms with Crippen LogP contribution in [0.2, 0.25) is 0 Å². The van der Waals surface area contributed by atoms with Crippen LogP contribution in [-0.4, -0.2) is 50.3 Å². The maximum Gasteiger partial charge on any atom is 0.185 e. The van der Waals surface area contributed by atoms with E-state index in [1.54, 1.807) is 18.4 Å². The summed E-state index contributed by atoms with van der Waals surface area (Å²) in [5.74, 6) is 1.12. The second kappa shape index (κ2) is 8.79. The fraction of sp³-hybridized carbons (Fsp3) is 0.769. The lowest BCUT2D eigenvalue weighted by molar-refractivity contribution is 0.199. The third-order valence-electron chi connectivity index (χ3n) is 3.02. The highest BCUT2D eigenvalue weighted by Crippen LogP contribution is 2.26. The van der Waals surface area contributed by atoms with Crippen molar-refractivity contribution >= 4 is 28.2 Å². The molecule has 1 aromatic heterocycles. The van der Waals surface area contributed by atoms with Gasteiger partial charge in [-0.2, -0.15) is 11.8 Å². The lowest BCUT2D eigenvalue weighted by Gasteiger charge is -2.23. The van der Waals surface area contributed by atoms with E-state index in [2.05, 4.69) is 42.4 Å². The first-order chi connectivity index (χ1) is 9.10. The smallest absolute Gasteiger partial charge is 0.185 e. The van der Waals surface area contributed by atoms with Crippen LogP contribution in [0.5, 0.6) is 0 Å². The zero-order chi connectivity index (χ0) is 14.3. The molecule has 0 bridgehead atoms. The van der Waals surface area contributed by atoms with Gasteiger partial charge in [-0.1, -0.05) is 0 Å². The Hall–Kier alpha value is -0.300. The van der Waals surface area contributed by atoms with Gasteiger partial charge in [0.2, 0.25) is 0 Å². The van der Waals surface area contributed by atoms with E-state index in [9.17, 15) is 0 Å². The minimum atomic E-state index is 0.509. The summed E-state index contributed by atoms with van der Waals surface area (Å²) in [5, 5.41) is 4.49. The van der Waals surface area contributed by atoms with Crippen molar-refractivity contribution < 1.29 is 4.74 Å². The number of methoxy groups -OCH3 is 1. The number of rotatable bonds is 9. The molecule has 6 heteroatoms. The number of hydrogen-bond acceptors (Lipinski definition) is 6. The van der Waals surface area contributed by atoms with Crippen molar-refractivity contribution in [2.75, 3.05) is 44.2 Å². The van der Waals surface area contributed by atoms with Crippen LogP contribution in [-0.2, 0) is 11.3 Å². The summed E-state index contributed by atoms with van der Waals surface area (Å²) in [6, 6.07) is 0.509. The molecule has 1 N–H and O–H groups in total. The number of nitrogens with one attached hydrogen (secondary N) is 1. The fourth-order valence-corrected chi connectivity index (χ4v) is 3.45. The van der Waals surface area contributed by atoms with Crippen LogP contribution in [0.15, 0.2) is 0 Å². The molecular formula is C13H25N3OS2. The average Bonchev–Trinajstić information content (AvgIpc) is 2.75. The van der Waals surface area contributed by atoms with Gasteiger partial charge in [0.25, 0.3) is 0 Å². The summed E-state index contributed by atoms with van der Waals surface area (Å²) < 4.78 is 5.03. The van der Waals surface area contributed by atoms with Crippen LogP contribution >= 0.6 is 23.1 Å². The molecule has 0 aromatic carbocycles. The van der Waals surface area contributed by atoms with Crippen molar-refractivity contribution in [3.63, 3.8) is 0 Å². The molecule has 0 radical (unpaired) electrons. The zero-order valence-electron chi connectivity index (χ0n) is 12.5. The number of thiazole rings is 1. The van der Waals surface area contributed by atoms with E-state index in [0.717, 1.165) is 36.3 Å². The summed E-state index contributed by atoms with van der Waals surface area (Å²) in [4.78, 5) is 8.26. The summed E-state index contributed by atoms with van der Waals surface area (Å²) in [5.41, 5.74) is 1.13. The molecule has 4 nitrogen and oxygen atoms in total. The molecule has 1 atom stereocenters. The maximum absolute atomic E-state index is 5.03. The van der Waals surface area contributed by atoms with Crippen molar-refractivity contribution in [2.45, 2.75) is 26.4 Å². The number of nitrogens with zero attached hydrogens (tertiary/aromatic N) is 2. The van der Waals surface area contributed by atoms with E-state index >= 15 is 0 Å².